The van der Waals surface area contributed by atoms with Gasteiger partial charge in [-0.1, -0.05) is 13.8 Å². The lowest BCUT2D eigenvalue weighted by atomic mass is 10.1. The largest absolute Gasteiger partial charge is 0.469 e. The zero-order valence-electron chi connectivity index (χ0n) is 10.9. The van der Waals surface area contributed by atoms with Crippen LogP contribution in [0.1, 0.15) is 20.8 Å². The number of methoxy groups -OCH3 is 1. The molecule has 0 bridgehead atoms. The van der Waals surface area contributed by atoms with E-state index in [4.69, 9.17) is 4.74 Å². The van der Waals surface area contributed by atoms with Crippen LogP contribution in [0.25, 0.3) is 0 Å². The van der Waals surface area contributed by atoms with Crippen LogP contribution in [0.5, 0.6) is 0 Å². The van der Waals surface area contributed by atoms with Gasteiger partial charge in [0.15, 0.2) is 0 Å². The third-order valence-electron chi connectivity index (χ3n) is 3.39. The van der Waals surface area contributed by atoms with Crippen molar-refractivity contribution in [2.45, 2.75) is 26.8 Å². The van der Waals surface area contributed by atoms with Crippen LogP contribution in [0.15, 0.2) is 0 Å². The minimum atomic E-state index is -0.106. The number of piperazine rings is 1. The molecule has 1 aliphatic heterocycles. The Kier molecular flexibility index (Phi) is 5.22. The van der Waals surface area contributed by atoms with E-state index in [9.17, 15) is 4.79 Å². The lowest BCUT2D eigenvalue weighted by molar-refractivity contribution is -0.145. The fourth-order valence-corrected chi connectivity index (χ4v) is 2.37. The Labute approximate surface area is 98.5 Å². The van der Waals surface area contributed by atoms with Gasteiger partial charge < -0.3 is 4.74 Å². The SMILES string of the molecule is CCN1CCN(CC(C)C(=O)OC)CC1C. The molecular weight excluding hydrogens is 204 g/mol. The highest BCUT2D eigenvalue weighted by molar-refractivity contribution is 5.72. The van der Waals surface area contributed by atoms with Crippen LogP contribution in [0.4, 0.5) is 0 Å². The van der Waals surface area contributed by atoms with E-state index in [1.807, 2.05) is 6.92 Å². The van der Waals surface area contributed by atoms with E-state index < -0.39 is 0 Å². The number of hydrogen-bond acceptors (Lipinski definition) is 4. The quantitative estimate of drug-likeness (QED) is 0.667. The van der Waals surface area contributed by atoms with Crippen molar-refractivity contribution in [3.8, 4) is 0 Å². The van der Waals surface area contributed by atoms with E-state index >= 15 is 0 Å². The molecule has 0 saturated carbocycles. The highest BCUT2D eigenvalue weighted by Crippen LogP contribution is 2.11. The standard InChI is InChI=1S/C12H24N2O2/c1-5-14-7-6-13(9-11(14)3)8-10(2)12(15)16-4/h10-11H,5-9H2,1-4H3. The third kappa shape index (κ3) is 3.46. The van der Waals surface area contributed by atoms with Crippen molar-refractivity contribution in [2.24, 2.45) is 5.92 Å². The molecule has 1 heterocycles. The summed E-state index contributed by atoms with van der Waals surface area (Å²) in [4.78, 5) is 16.2. The van der Waals surface area contributed by atoms with Gasteiger partial charge in [0.05, 0.1) is 13.0 Å². The predicted octanol–water partition coefficient (Wildman–Crippen LogP) is 0.821. The second kappa shape index (κ2) is 6.21. The first-order valence-corrected chi connectivity index (χ1v) is 6.12. The van der Waals surface area contributed by atoms with Gasteiger partial charge in [0.2, 0.25) is 0 Å². The normalized spacial score (nSPS) is 25.4. The van der Waals surface area contributed by atoms with Crippen LogP contribution in [-0.2, 0) is 9.53 Å². The van der Waals surface area contributed by atoms with Crippen LogP contribution in [0, 0.1) is 5.92 Å². The second-order valence-corrected chi connectivity index (χ2v) is 4.66. The van der Waals surface area contributed by atoms with E-state index in [0.29, 0.717) is 6.04 Å². The fraction of sp³-hybridized carbons (Fsp3) is 0.917. The number of esters is 1. The molecule has 0 aromatic heterocycles. The van der Waals surface area contributed by atoms with Gasteiger partial charge in [-0.05, 0) is 13.5 Å². The van der Waals surface area contributed by atoms with Crippen LogP contribution in [0.3, 0.4) is 0 Å². The molecule has 1 rings (SSSR count). The molecule has 1 fully saturated rings. The number of nitrogens with zero attached hydrogens (tertiary/aromatic N) is 2. The van der Waals surface area contributed by atoms with Crippen molar-refractivity contribution in [3.63, 3.8) is 0 Å². The fourth-order valence-electron chi connectivity index (χ4n) is 2.37. The van der Waals surface area contributed by atoms with Gasteiger partial charge in [-0.15, -0.1) is 0 Å². The van der Waals surface area contributed by atoms with Crippen molar-refractivity contribution in [1.82, 2.24) is 9.80 Å². The first-order chi connectivity index (χ1) is 7.58. The monoisotopic (exact) mass is 228 g/mol. The molecule has 0 amide bonds. The zero-order valence-corrected chi connectivity index (χ0v) is 10.9. The Morgan fingerprint density at radius 2 is 2.19 bits per heavy atom. The van der Waals surface area contributed by atoms with E-state index in [0.717, 1.165) is 32.7 Å². The van der Waals surface area contributed by atoms with Crippen molar-refractivity contribution in [3.05, 3.63) is 0 Å². The average Bonchev–Trinajstić information content (AvgIpc) is 2.28. The summed E-state index contributed by atoms with van der Waals surface area (Å²) in [6.07, 6.45) is 0. The van der Waals surface area contributed by atoms with Crippen molar-refractivity contribution < 1.29 is 9.53 Å². The Morgan fingerprint density at radius 1 is 1.50 bits per heavy atom. The first-order valence-electron chi connectivity index (χ1n) is 6.12. The van der Waals surface area contributed by atoms with Gasteiger partial charge in [0.1, 0.15) is 0 Å². The number of ether oxygens (including phenoxy) is 1. The Morgan fingerprint density at radius 3 is 2.69 bits per heavy atom. The molecule has 0 aromatic rings. The maximum Gasteiger partial charge on any atom is 0.309 e. The number of carbonyl (C=O) groups excluding carboxylic acids is 1. The molecule has 16 heavy (non-hydrogen) atoms. The summed E-state index contributed by atoms with van der Waals surface area (Å²) < 4.78 is 4.75. The molecule has 2 unspecified atom stereocenters. The van der Waals surface area contributed by atoms with Crippen molar-refractivity contribution in [2.75, 3.05) is 39.8 Å². The molecule has 2 atom stereocenters. The molecule has 0 aliphatic carbocycles. The number of rotatable bonds is 4. The molecule has 4 heteroatoms. The number of hydrogen-bond donors (Lipinski definition) is 0. The van der Waals surface area contributed by atoms with Crippen molar-refractivity contribution in [1.29, 1.82) is 0 Å². The van der Waals surface area contributed by atoms with E-state index in [2.05, 4.69) is 23.6 Å². The summed E-state index contributed by atoms with van der Waals surface area (Å²) >= 11 is 0. The maximum atomic E-state index is 11.3. The molecule has 4 nitrogen and oxygen atoms in total. The topological polar surface area (TPSA) is 32.8 Å². The second-order valence-electron chi connectivity index (χ2n) is 4.66. The minimum absolute atomic E-state index is 0.0228. The molecule has 94 valence electrons. The van der Waals surface area contributed by atoms with Gasteiger partial charge in [0, 0.05) is 32.2 Å². The van der Waals surface area contributed by atoms with Gasteiger partial charge in [-0.25, -0.2) is 0 Å². The number of carbonyl (C=O) groups is 1. The summed E-state index contributed by atoms with van der Waals surface area (Å²) in [5, 5.41) is 0. The highest BCUT2D eigenvalue weighted by atomic mass is 16.5. The predicted molar refractivity (Wildman–Crippen MR) is 64.3 cm³/mol. The average molecular weight is 228 g/mol. The van der Waals surface area contributed by atoms with Crippen LogP contribution in [0.2, 0.25) is 0 Å². The molecular formula is C12H24N2O2. The smallest absolute Gasteiger partial charge is 0.309 e. The van der Waals surface area contributed by atoms with E-state index in [-0.39, 0.29) is 11.9 Å². The Hall–Kier alpha value is -0.610. The van der Waals surface area contributed by atoms with E-state index in [1.165, 1.54) is 7.11 Å². The lowest BCUT2D eigenvalue weighted by Crippen LogP contribution is -2.52. The summed E-state index contributed by atoms with van der Waals surface area (Å²) in [6.45, 7) is 11.5. The summed E-state index contributed by atoms with van der Waals surface area (Å²) in [6, 6.07) is 0.587. The van der Waals surface area contributed by atoms with Crippen LogP contribution < -0.4 is 0 Å². The van der Waals surface area contributed by atoms with Gasteiger partial charge in [0.25, 0.3) is 0 Å². The third-order valence-corrected chi connectivity index (χ3v) is 3.39. The maximum absolute atomic E-state index is 11.3. The number of likely N-dealkylation sites (N-methyl/N-ethyl adjacent to an activating group) is 1. The Balaban J connectivity index is 2.37. The summed E-state index contributed by atoms with van der Waals surface area (Å²) in [7, 11) is 1.45. The first kappa shape index (κ1) is 13.5. The molecule has 1 aliphatic rings. The molecule has 1 saturated heterocycles. The van der Waals surface area contributed by atoms with Gasteiger partial charge >= 0.3 is 5.97 Å². The molecule has 0 aromatic carbocycles. The van der Waals surface area contributed by atoms with Crippen LogP contribution in [-0.4, -0.2) is 61.6 Å². The molecule has 0 N–H and O–H groups in total. The molecule has 0 spiro atoms. The minimum Gasteiger partial charge on any atom is -0.469 e. The lowest BCUT2D eigenvalue weighted by Gasteiger charge is -2.39. The molecule has 0 radical (unpaired) electrons. The summed E-state index contributed by atoms with van der Waals surface area (Å²) in [5.41, 5.74) is 0. The van der Waals surface area contributed by atoms with Crippen LogP contribution >= 0.6 is 0 Å². The van der Waals surface area contributed by atoms with Gasteiger partial charge in [-0.2, -0.15) is 0 Å². The van der Waals surface area contributed by atoms with Crippen molar-refractivity contribution >= 4 is 5.97 Å². The highest BCUT2D eigenvalue weighted by Gasteiger charge is 2.25. The van der Waals surface area contributed by atoms with E-state index in [1.54, 1.807) is 0 Å². The van der Waals surface area contributed by atoms with Gasteiger partial charge in [-0.3, -0.25) is 14.6 Å². The summed E-state index contributed by atoms with van der Waals surface area (Å²) in [5.74, 6) is -0.129. The Bertz CT molecular complexity index is 233. The zero-order chi connectivity index (χ0) is 12.1.